The summed E-state index contributed by atoms with van der Waals surface area (Å²) in [5.41, 5.74) is 2.64. The molecule has 1 unspecified atom stereocenters. The molecule has 0 amide bonds. The van der Waals surface area contributed by atoms with E-state index in [9.17, 15) is 4.79 Å². The maximum absolute atomic E-state index is 10.3. The Morgan fingerprint density at radius 2 is 1.71 bits per heavy atom. The van der Waals surface area contributed by atoms with E-state index in [-0.39, 0.29) is 6.61 Å². The molecule has 4 heteroatoms. The molecule has 0 aliphatic carbocycles. The first kappa shape index (κ1) is 19.5. The third kappa shape index (κ3) is 7.61. The number of carbonyl (C=O) groups excluding carboxylic acids is 1. The average molecular weight is 328 g/mol. The molecule has 128 valence electrons. The third-order valence-corrected chi connectivity index (χ3v) is 3.15. The highest BCUT2D eigenvalue weighted by Crippen LogP contribution is 2.14. The van der Waals surface area contributed by atoms with Gasteiger partial charge in [0.1, 0.15) is 11.9 Å². The monoisotopic (exact) mass is 328 g/mol. The van der Waals surface area contributed by atoms with Gasteiger partial charge in [0.2, 0.25) is 0 Å². The average Bonchev–Trinajstić information content (AvgIpc) is 2.63. The molecule has 0 saturated carbocycles. The lowest BCUT2D eigenvalue weighted by molar-refractivity contribution is -0.143. The Balaban J connectivity index is 0.000000277. The van der Waals surface area contributed by atoms with E-state index in [1.807, 2.05) is 18.2 Å². The molecule has 1 atom stereocenters. The molecular weight excluding hydrogens is 304 g/mol. The van der Waals surface area contributed by atoms with Crippen LogP contribution in [-0.2, 0) is 16.0 Å². The van der Waals surface area contributed by atoms with E-state index in [0.29, 0.717) is 0 Å². The normalized spacial score (nSPS) is 10.8. The molecule has 0 radical (unpaired) electrons. The van der Waals surface area contributed by atoms with E-state index < -0.39 is 12.1 Å². The number of esters is 1. The van der Waals surface area contributed by atoms with Gasteiger partial charge >= 0.3 is 5.97 Å². The van der Waals surface area contributed by atoms with Crippen molar-refractivity contribution in [1.29, 1.82) is 0 Å². The molecule has 2 aromatic carbocycles. The second-order valence-electron chi connectivity index (χ2n) is 5.14. The van der Waals surface area contributed by atoms with Gasteiger partial charge in [-0.1, -0.05) is 49.0 Å². The fourth-order valence-electron chi connectivity index (χ4n) is 1.86. The Morgan fingerprint density at radius 1 is 1.12 bits per heavy atom. The van der Waals surface area contributed by atoms with Crippen LogP contribution in [0, 0.1) is 0 Å². The second kappa shape index (κ2) is 11.0. The number of methoxy groups -OCH3 is 1. The number of rotatable bonds is 6. The molecule has 4 nitrogen and oxygen atoms in total. The van der Waals surface area contributed by atoms with Gasteiger partial charge in [-0.3, -0.25) is 0 Å². The standard InChI is InChI=1S/C14H14O.C6H10O3/c1-15-14-9-7-13(8-10-14)11-12-5-3-2-4-6-12;1-3-6(8)9-5(2)4-7/h2-10H,11H2,1H3;3,5,7H,1,4H2,2H3. The van der Waals surface area contributed by atoms with Gasteiger partial charge in [-0.2, -0.15) is 0 Å². The van der Waals surface area contributed by atoms with Gasteiger partial charge in [0.25, 0.3) is 0 Å². The molecule has 1 N–H and O–H groups in total. The molecule has 0 aromatic heterocycles. The summed E-state index contributed by atoms with van der Waals surface area (Å²) >= 11 is 0. The lowest BCUT2D eigenvalue weighted by Crippen LogP contribution is -2.16. The van der Waals surface area contributed by atoms with E-state index >= 15 is 0 Å². The molecule has 2 rings (SSSR count). The number of ether oxygens (including phenoxy) is 2. The summed E-state index contributed by atoms with van der Waals surface area (Å²) in [6, 6.07) is 18.7. The van der Waals surface area contributed by atoms with Crippen molar-refractivity contribution < 1.29 is 19.4 Å². The summed E-state index contributed by atoms with van der Waals surface area (Å²) in [5, 5.41) is 8.37. The minimum absolute atomic E-state index is 0.153. The minimum Gasteiger partial charge on any atom is -0.497 e. The zero-order valence-corrected chi connectivity index (χ0v) is 14.1. The number of carbonyl (C=O) groups is 1. The van der Waals surface area contributed by atoms with Gasteiger partial charge in [0.15, 0.2) is 0 Å². The first-order valence-corrected chi connectivity index (χ1v) is 7.69. The lowest BCUT2D eigenvalue weighted by Gasteiger charge is -2.06. The van der Waals surface area contributed by atoms with Crippen molar-refractivity contribution in [2.24, 2.45) is 0 Å². The van der Waals surface area contributed by atoms with Crippen LogP contribution in [0.15, 0.2) is 67.3 Å². The number of benzene rings is 2. The Hall–Kier alpha value is -2.59. The predicted molar refractivity (Wildman–Crippen MR) is 95.1 cm³/mol. The molecule has 2 aromatic rings. The van der Waals surface area contributed by atoms with Crippen molar-refractivity contribution in [1.82, 2.24) is 0 Å². The molecule has 0 fully saturated rings. The maximum atomic E-state index is 10.3. The lowest BCUT2D eigenvalue weighted by atomic mass is 10.1. The third-order valence-electron chi connectivity index (χ3n) is 3.15. The highest BCUT2D eigenvalue weighted by Gasteiger charge is 2.02. The van der Waals surface area contributed by atoms with Crippen molar-refractivity contribution in [2.45, 2.75) is 19.4 Å². The van der Waals surface area contributed by atoms with Crippen LogP contribution in [0.4, 0.5) is 0 Å². The van der Waals surface area contributed by atoms with Crippen LogP contribution in [0.2, 0.25) is 0 Å². The van der Waals surface area contributed by atoms with E-state index in [4.69, 9.17) is 9.84 Å². The summed E-state index contributed by atoms with van der Waals surface area (Å²) in [4.78, 5) is 10.3. The Kier molecular flexibility index (Phi) is 8.94. The van der Waals surface area contributed by atoms with Gasteiger partial charge in [-0.25, -0.2) is 4.79 Å². The Morgan fingerprint density at radius 3 is 2.21 bits per heavy atom. The summed E-state index contributed by atoms with van der Waals surface area (Å²) < 4.78 is 9.66. The highest BCUT2D eigenvalue weighted by molar-refractivity contribution is 5.81. The van der Waals surface area contributed by atoms with Crippen LogP contribution in [0.3, 0.4) is 0 Å². The number of aliphatic hydroxyl groups excluding tert-OH is 1. The van der Waals surface area contributed by atoms with Gasteiger partial charge in [-0.05, 0) is 36.6 Å². The molecule has 0 aliphatic heterocycles. The fraction of sp³-hybridized carbons (Fsp3) is 0.250. The smallest absolute Gasteiger partial charge is 0.330 e. The van der Waals surface area contributed by atoms with Gasteiger partial charge in [-0.15, -0.1) is 0 Å². The molecule has 0 bridgehead atoms. The SMILES string of the molecule is C=CC(=O)OC(C)CO.COc1ccc(Cc2ccccc2)cc1. The van der Waals surface area contributed by atoms with Crippen LogP contribution in [0.5, 0.6) is 5.75 Å². The molecule has 24 heavy (non-hydrogen) atoms. The van der Waals surface area contributed by atoms with Gasteiger partial charge in [0.05, 0.1) is 13.7 Å². The summed E-state index contributed by atoms with van der Waals surface area (Å²) in [6.07, 6.45) is 1.60. The first-order chi connectivity index (χ1) is 11.6. The minimum atomic E-state index is -0.503. The van der Waals surface area contributed by atoms with Crippen LogP contribution < -0.4 is 4.74 Å². The fourth-order valence-corrected chi connectivity index (χ4v) is 1.86. The topological polar surface area (TPSA) is 55.8 Å². The van der Waals surface area contributed by atoms with Crippen LogP contribution >= 0.6 is 0 Å². The highest BCUT2D eigenvalue weighted by atomic mass is 16.5. The van der Waals surface area contributed by atoms with Crippen molar-refractivity contribution >= 4 is 5.97 Å². The Labute approximate surface area is 143 Å². The summed E-state index contributed by atoms with van der Waals surface area (Å²) in [7, 11) is 1.69. The summed E-state index contributed by atoms with van der Waals surface area (Å²) in [5.74, 6) is 0.406. The largest absolute Gasteiger partial charge is 0.497 e. The van der Waals surface area contributed by atoms with Crippen molar-refractivity contribution in [3.05, 3.63) is 78.4 Å². The Bertz CT molecular complexity index is 605. The van der Waals surface area contributed by atoms with Crippen molar-refractivity contribution in [3.8, 4) is 5.75 Å². The van der Waals surface area contributed by atoms with Crippen LogP contribution in [0.1, 0.15) is 18.1 Å². The maximum Gasteiger partial charge on any atom is 0.330 e. The van der Waals surface area contributed by atoms with E-state index in [2.05, 4.69) is 47.7 Å². The quantitative estimate of drug-likeness (QED) is 0.652. The van der Waals surface area contributed by atoms with E-state index in [1.165, 1.54) is 11.1 Å². The number of aliphatic hydroxyl groups is 1. The van der Waals surface area contributed by atoms with Gasteiger partial charge in [0, 0.05) is 6.08 Å². The molecule has 0 aliphatic rings. The zero-order valence-electron chi connectivity index (χ0n) is 14.1. The molecule has 0 saturated heterocycles. The van der Waals surface area contributed by atoms with Crippen LogP contribution in [0.25, 0.3) is 0 Å². The summed E-state index contributed by atoms with van der Waals surface area (Å²) in [6.45, 7) is 4.64. The van der Waals surface area contributed by atoms with E-state index in [0.717, 1.165) is 18.2 Å². The first-order valence-electron chi connectivity index (χ1n) is 7.69. The number of hydrogen-bond donors (Lipinski definition) is 1. The van der Waals surface area contributed by atoms with Crippen LogP contribution in [-0.4, -0.2) is 30.9 Å². The van der Waals surface area contributed by atoms with Gasteiger partial charge < -0.3 is 14.6 Å². The van der Waals surface area contributed by atoms with E-state index in [1.54, 1.807) is 14.0 Å². The predicted octanol–water partition coefficient (Wildman–Crippen LogP) is 3.38. The van der Waals surface area contributed by atoms with Crippen molar-refractivity contribution in [3.63, 3.8) is 0 Å². The second-order valence-corrected chi connectivity index (χ2v) is 5.14. The molecule has 0 heterocycles. The zero-order chi connectivity index (χ0) is 17.8. The molecular formula is C20H24O4. The molecule has 0 spiro atoms. The van der Waals surface area contributed by atoms with Crippen molar-refractivity contribution in [2.75, 3.05) is 13.7 Å². The number of hydrogen-bond acceptors (Lipinski definition) is 4.